The molecule has 0 unspecified atom stereocenters. The van der Waals surface area contributed by atoms with Crippen LogP contribution in [0.5, 0.6) is 0 Å². The topological polar surface area (TPSA) is 136 Å². The second-order valence-electron chi connectivity index (χ2n) is 15.0. The predicted molar refractivity (Wildman–Crippen MR) is 202 cm³/mol. The van der Waals surface area contributed by atoms with E-state index in [0.717, 1.165) is 88.1 Å². The van der Waals surface area contributed by atoms with Gasteiger partial charge in [0.1, 0.15) is 17.7 Å². The lowest BCUT2D eigenvalue weighted by molar-refractivity contribution is -0.137. The van der Waals surface area contributed by atoms with Crippen LogP contribution in [0.3, 0.4) is 0 Å². The van der Waals surface area contributed by atoms with Gasteiger partial charge in [0.05, 0.1) is 42.1 Å². The molecule has 3 aromatic carbocycles. The molecule has 2 aliphatic heterocycles. The first kappa shape index (κ1) is 35.2. The quantitative estimate of drug-likeness (QED) is 0.144. The number of hydrogen-bond donors (Lipinski definition) is 3. The molecule has 0 aliphatic carbocycles. The zero-order valence-electron chi connectivity index (χ0n) is 30.9. The van der Waals surface area contributed by atoms with E-state index in [1.807, 2.05) is 42.8 Å². The third kappa shape index (κ3) is 6.64. The molecule has 2 saturated heterocycles. The Labute approximate surface area is 304 Å². The summed E-state index contributed by atoms with van der Waals surface area (Å²) in [5.74, 6) is 1.89. The molecule has 0 saturated carbocycles. The van der Waals surface area contributed by atoms with E-state index in [0.29, 0.717) is 12.5 Å². The minimum absolute atomic E-state index is 0.0103. The van der Waals surface area contributed by atoms with E-state index in [2.05, 4.69) is 77.7 Å². The highest BCUT2D eigenvalue weighted by atomic mass is 16.5. The zero-order valence-corrected chi connectivity index (χ0v) is 30.9. The summed E-state index contributed by atoms with van der Waals surface area (Å²) < 4.78 is 4.78. The predicted octanol–water partition coefficient (Wildman–Crippen LogP) is 7.77. The second-order valence-corrected chi connectivity index (χ2v) is 15.0. The van der Waals surface area contributed by atoms with E-state index >= 15 is 0 Å². The summed E-state index contributed by atoms with van der Waals surface area (Å²) in [7, 11) is 1.30. The van der Waals surface area contributed by atoms with Crippen LogP contribution in [-0.4, -0.2) is 73.9 Å². The van der Waals surface area contributed by atoms with Gasteiger partial charge in [-0.2, -0.15) is 0 Å². The van der Waals surface area contributed by atoms with Gasteiger partial charge in [-0.3, -0.25) is 9.59 Å². The number of alkyl carbamates (subject to hydrolysis) is 1. The van der Waals surface area contributed by atoms with E-state index in [-0.39, 0.29) is 35.7 Å². The van der Waals surface area contributed by atoms with Crippen molar-refractivity contribution in [3.63, 3.8) is 0 Å². The van der Waals surface area contributed by atoms with E-state index in [1.165, 1.54) is 7.11 Å². The molecule has 2 aliphatic rings. The van der Waals surface area contributed by atoms with Gasteiger partial charge < -0.3 is 29.8 Å². The Morgan fingerprint density at radius 1 is 0.788 bits per heavy atom. The number of benzene rings is 3. The first-order chi connectivity index (χ1) is 25.0. The van der Waals surface area contributed by atoms with Crippen LogP contribution in [0, 0.1) is 17.8 Å². The lowest BCUT2D eigenvalue weighted by atomic mass is 9.96. The summed E-state index contributed by atoms with van der Waals surface area (Å²) >= 11 is 0. The van der Waals surface area contributed by atoms with Crippen LogP contribution in [0.15, 0.2) is 60.8 Å². The molecule has 5 aromatic rings. The third-order valence-corrected chi connectivity index (χ3v) is 11.1. The van der Waals surface area contributed by atoms with Gasteiger partial charge in [-0.05, 0) is 71.7 Å². The van der Waals surface area contributed by atoms with E-state index < -0.39 is 12.1 Å². The number of H-pyrrole nitrogens is 2. The van der Waals surface area contributed by atoms with Crippen molar-refractivity contribution >= 4 is 39.7 Å². The van der Waals surface area contributed by atoms with Crippen molar-refractivity contribution < 1.29 is 19.1 Å². The number of aromatic nitrogens is 4. The SMILES string of the molecule is COC(=O)N[C@H](C(=O)N1CCC[C@H]1c1nc2ccc3cc(-c4ccc(-c5cnc([C@@H]6CCCN6C(=O)[C@@H](C)C(C)C)[nH]5)cc4)ccc3c2[nH]1)C(C)C. The van der Waals surface area contributed by atoms with Crippen molar-refractivity contribution in [3.05, 3.63) is 72.4 Å². The molecule has 11 heteroatoms. The Morgan fingerprint density at radius 2 is 1.44 bits per heavy atom. The number of rotatable bonds is 9. The highest BCUT2D eigenvalue weighted by Crippen LogP contribution is 2.36. The maximum absolute atomic E-state index is 13.6. The third-order valence-electron chi connectivity index (χ3n) is 11.1. The second kappa shape index (κ2) is 14.4. The van der Waals surface area contributed by atoms with Crippen LogP contribution >= 0.6 is 0 Å². The average Bonchev–Trinajstić information content (AvgIpc) is 3.98. The smallest absolute Gasteiger partial charge is 0.407 e. The van der Waals surface area contributed by atoms with Gasteiger partial charge in [-0.1, -0.05) is 77.1 Å². The number of carbonyl (C=O) groups is 3. The number of nitrogens with zero attached hydrogens (tertiary/aromatic N) is 4. The number of amides is 3. The van der Waals surface area contributed by atoms with Crippen molar-refractivity contribution in [1.82, 2.24) is 35.1 Å². The number of nitrogens with one attached hydrogen (secondary N) is 3. The summed E-state index contributed by atoms with van der Waals surface area (Å²) in [5, 5.41) is 4.87. The number of imidazole rings is 2. The van der Waals surface area contributed by atoms with Crippen molar-refractivity contribution in [2.45, 2.75) is 78.4 Å². The molecule has 3 N–H and O–H groups in total. The maximum atomic E-state index is 13.6. The molecular formula is C41H49N7O4. The monoisotopic (exact) mass is 703 g/mol. The minimum atomic E-state index is -0.680. The first-order valence-corrected chi connectivity index (χ1v) is 18.6. The number of aromatic amines is 2. The van der Waals surface area contributed by atoms with Crippen LogP contribution in [0.2, 0.25) is 0 Å². The first-order valence-electron chi connectivity index (χ1n) is 18.6. The molecule has 0 spiro atoms. The van der Waals surface area contributed by atoms with Gasteiger partial charge in [0, 0.05) is 24.4 Å². The Morgan fingerprint density at radius 3 is 2.12 bits per heavy atom. The van der Waals surface area contributed by atoms with Crippen molar-refractivity contribution in [2.75, 3.05) is 20.2 Å². The van der Waals surface area contributed by atoms with Crippen LogP contribution < -0.4 is 5.32 Å². The Balaban J connectivity index is 1.09. The number of hydrogen-bond acceptors (Lipinski definition) is 6. The molecule has 0 radical (unpaired) electrons. The average molecular weight is 704 g/mol. The molecule has 52 heavy (non-hydrogen) atoms. The molecule has 11 nitrogen and oxygen atoms in total. The summed E-state index contributed by atoms with van der Waals surface area (Å²) in [4.78, 5) is 59.4. The fraction of sp³-hybridized carbons (Fsp3) is 0.439. The summed E-state index contributed by atoms with van der Waals surface area (Å²) in [5.41, 5.74) is 5.99. The minimum Gasteiger partial charge on any atom is -0.453 e. The maximum Gasteiger partial charge on any atom is 0.407 e. The molecule has 2 fully saturated rings. The lowest BCUT2D eigenvalue weighted by Crippen LogP contribution is -2.51. The molecule has 3 amide bonds. The van der Waals surface area contributed by atoms with Crippen LogP contribution in [0.25, 0.3) is 44.2 Å². The Kier molecular flexibility index (Phi) is 9.78. The fourth-order valence-electron chi connectivity index (χ4n) is 7.72. The molecular weight excluding hydrogens is 654 g/mol. The normalized spacial score (nSPS) is 18.8. The zero-order chi connectivity index (χ0) is 36.7. The van der Waals surface area contributed by atoms with Gasteiger partial charge in [0.25, 0.3) is 0 Å². The number of ether oxygens (including phenoxy) is 1. The number of likely N-dealkylation sites (tertiary alicyclic amines) is 2. The summed E-state index contributed by atoms with van der Waals surface area (Å²) in [6.07, 6.45) is 4.82. The van der Waals surface area contributed by atoms with Crippen molar-refractivity contribution in [1.29, 1.82) is 0 Å². The van der Waals surface area contributed by atoms with E-state index in [9.17, 15) is 14.4 Å². The summed E-state index contributed by atoms with van der Waals surface area (Å²) in [6.45, 7) is 11.4. The number of methoxy groups -OCH3 is 1. The van der Waals surface area contributed by atoms with Crippen molar-refractivity contribution in [3.8, 4) is 22.4 Å². The van der Waals surface area contributed by atoms with Gasteiger partial charge >= 0.3 is 6.09 Å². The van der Waals surface area contributed by atoms with Gasteiger partial charge in [-0.15, -0.1) is 0 Å². The summed E-state index contributed by atoms with van der Waals surface area (Å²) in [6, 6.07) is 18.2. The highest BCUT2D eigenvalue weighted by molar-refractivity contribution is 6.05. The van der Waals surface area contributed by atoms with E-state index in [1.54, 1.807) is 0 Å². The van der Waals surface area contributed by atoms with Gasteiger partial charge in [0.2, 0.25) is 11.8 Å². The van der Waals surface area contributed by atoms with Crippen LogP contribution in [0.4, 0.5) is 4.79 Å². The standard InChI is InChI=1S/C41H49N7O4/c1-23(2)25(5)39(49)47-19-7-9-33(47)37-42-22-32(44-37)27-13-11-26(12-14-27)28-15-17-30-29(21-28)16-18-31-36(30)45-38(43-31)34-10-8-20-48(34)40(50)35(24(3)4)46-41(51)52-6/h11-18,21-25,33-35H,7-10,19-20H2,1-6H3,(H,42,44)(H,43,45)(H,46,51)/t25-,33-,34-,35-/m0/s1. The lowest BCUT2D eigenvalue weighted by Gasteiger charge is -2.29. The Bertz CT molecular complexity index is 2100. The largest absolute Gasteiger partial charge is 0.453 e. The van der Waals surface area contributed by atoms with E-state index in [4.69, 9.17) is 14.7 Å². The van der Waals surface area contributed by atoms with Crippen molar-refractivity contribution in [2.24, 2.45) is 17.8 Å². The van der Waals surface area contributed by atoms with Gasteiger partial charge in [-0.25, -0.2) is 14.8 Å². The molecule has 4 heterocycles. The highest BCUT2D eigenvalue weighted by Gasteiger charge is 2.38. The molecule has 272 valence electrons. The molecule has 7 rings (SSSR count). The molecule has 4 atom stereocenters. The number of carbonyl (C=O) groups excluding carboxylic acids is 3. The Hall–Kier alpha value is -5.19. The fourth-order valence-corrected chi connectivity index (χ4v) is 7.72. The van der Waals surface area contributed by atoms with Gasteiger partial charge in [0.15, 0.2) is 0 Å². The molecule has 2 aromatic heterocycles. The molecule has 0 bridgehead atoms. The van der Waals surface area contributed by atoms with Crippen LogP contribution in [0.1, 0.15) is 84.0 Å². The number of fused-ring (bicyclic) bond motifs is 3. The van der Waals surface area contributed by atoms with Crippen LogP contribution in [-0.2, 0) is 14.3 Å².